The Morgan fingerprint density at radius 2 is 1.93 bits per heavy atom. The highest BCUT2D eigenvalue weighted by molar-refractivity contribution is 5.74. The predicted molar refractivity (Wildman–Crippen MR) is 56.6 cm³/mol. The molecule has 2 aliphatic carbocycles. The van der Waals surface area contributed by atoms with Crippen molar-refractivity contribution in [3.05, 3.63) is 0 Å². The number of fused-ring (bicyclic) bond motifs is 3. The van der Waals surface area contributed by atoms with Crippen molar-refractivity contribution in [1.82, 2.24) is 5.32 Å². The fourth-order valence-electron chi connectivity index (χ4n) is 3.52. The molecule has 3 heteroatoms. The summed E-state index contributed by atoms with van der Waals surface area (Å²) in [6.07, 6.45) is 8.61. The number of nitrogens with one attached hydrogen (secondary N) is 1. The lowest BCUT2D eigenvalue weighted by molar-refractivity contribution is -0.145. The molecule has 84 valence electrons. The standard InChI is InChI=1S/C12H19NO2/c14-11(15)10-9-3-5-12(13-10,6-4-9)7-8-1-2-8/h8-10,13H,1-7H2,(H,14,15). The van der Waals surface area contributed by atoms with Crippen molar-refractivity contribution in [3.8, 4) is 0 Å². The Morgan fingerprint density at radius 3 is 2.47 bits per heavy atom. The van der Waals surface area contributed by atoms with Gasteiger partial charge in [-0.25, -0.2) is 0 Å². The van der Waals surface area contributed by atoms with Crippen molar-refractivity contribution in [1.29, 1.82) is 0 Å². The van der Waals surface area contributed by atoms with Crippen LogP contribution in [0.25, 0.3) is 0 Å². The summed E-state index contributed by atoms with van der Waals surface area (Å²) in [7, 11) is 0. The lowest BCUT2D eigenvalue weighted by Crippen LogP contribution is -2.63. The average molecular weight is 209 g/mol. The highest BCUT2D eigenvalue weighted by atomic mass is 16.4. The van der Waals surface area contributed by atoms with Gasteiger partial charge in [-0.05, 0) is 43.9 Å². The summed E-state index contributed by atoms with van der Waals surface area (Å²) in [6.45, 7) is 0. The second-order valence-electron chi connectivity index (χ2n) is 5.73. The van der Waals surface area contributed by atoms with E-state index in [-0.39, 0.29) is 11.6 Å². The van der Waals surface area contributed by atoms with Crippen LogP contribution in [0, 0.1) is 11.8 Å². The maximum Gasteiger partial charge on any atom is 0.320 e. The average Bonchev–Trinajstić information content (AvgIpc) is 3.02. The summed E-state index contributed by atoms with van der Waals surface area (Å²) < 4.78 is 0. The quantitative estimate of drug-likeness (QED) is 0.744. The van der Waals surface area contributed by atoms with Crippen molar-refractivity contribution < 1.29 is 9.90 Å². The molecule has 0 amide bonds. The molecule has 1 unspecified atom stereocenters. The highest BCUT2D eigenvalue weighted by Crippen LogP contribution is 2.47. The fraction of sp³-hybridized carbons (Fsp3) is 0.917. The molecule has 0 aromatic heterocycles. The van der Waals surface area contributed by atoms with Gasteiger partial charge in [0.2, 0.25) is 0 Å². The van der Waals surface area contributed by atoms with Crippen LogP contribution in [0.2, 0.25) is 0 Å². The monoisotopic (exact) mass is 209 g/mol. The Morgan fingerprint density at radius 1 is 1.27 bits per heavy atom. The molecular formula is C12H19NO2. The Balaban J connectivity index is 1.75. The number of piperidine rings is 2. The topological polar surface area (TPSA) is 49.3 Å². The van der Waals surface area contributed by atoms with Crippen LogP contribution in [-0.2, 0) is 4.79 Å². The molecule has 2 N–H and O–H groups in total. The summed E-state index contributed by atoms with van der Waals surface area (Å²) >= 11 is 0. The van der Waals surface area contributed by atoms with E-state index in [1.807, 2.05) is 0 Å². The summed E-state index contributed by atoms with van der Waals surface area (Å²) in [5.41, 5.74) is 0.193. The molecule has 2 saturated carbocycles. The van der Waals surface area contributed by atoms with Crippen LogP contribution in [0.5, 0.6) is 0 Å². The normalized spacial score (nSPS) is 44.3. The van der Waals surface area contributed by atoms with Crippen LogP contribution in [0.1, 0.15) is 44.9 Å². The van der Waals surface area contributed by atoms with Gasteiger partial charge >= 0.3 is 5.97 Å². The lowest BCUT2D eigenvalue weighted by Gasteiger charge is -2.51. The molecule has 1 atom stereocenters. The van der Waals surface area contributed by atoms with E-state index in [1.165, 1.54) is 32.1 Å². The van der Waals surface area contributed by atoms with Gasteiger partial charge in [-0.1, -0.05) is 12.8 Å². The molecule has 4 rings (SSSR count). The molecule has 15 heavy (non-hydrogen) atoms. The number of aliphatic carboxylic acids is 1. The van der Waals surface area contributed by atoms with Crippen LogP contribution in [0.3, 0.4) is 0 Å². The van der Waals surface area contributed by atoms with Crippen LogP contribution in [0.4, 0.5) is 0 Å². The van der Waals surface area contributed by atoms with Gasteiger partial charge in [0.15, 0.2) is 0 Å². The zero-order valence-electron chi connectivity index (χ0n) is 9.04. The zero-order valence-corrected chi connectivity index (χ0v) is 9.04. The van der Waals surface area contributed by atoms with Crippen LogP contribution in [0.15, 0.2) is 0 Å². The van der Waals surface area contributed by atoms with E-state index in [0.717, 1.165) is 18.8 Å². The molecule has 3 nitrogen and oxygen atoms in total. The van der Waals surface area contributed by atoms with Gasteiger partial charge in [0.1, 0.15) is 6.04 Å². The van der Waals surface area contributed by atoms with E-state index in [1.54, 1.807) is 0 Å². The summed E-state index contributed by atoms with van der Waals surface area (Å²) in [5, 5.41) is 12.6. The van der Waals surface area contributed by atoms with E-state index >= 15 is 0 Å². The molecule has 0 spiro atoms. The Bertz CT molecular complexity index is 277. The molecular weight excluding hydrogens is 190 g/mol. The number of rotatable bonds is 3. The molecule has 4 fully saturated rings. The van der Waals surface area contributed by atoms with Gasteiger partial charge in [0, 0.05) is 5.54 Å². The van der Waals surface area contributed by atoms with Gasteiger partial charge in [0.25, 0.3) is 0 Å². The largest absolute Gasteiger partial charge is 0.480 e. The zero-order chi connectivity index (χ0) is 10.5. The third-order valence-electron chi connectivity index (χ3n) is 4.56. The lowest BCUT2D eigenvalue weighted by atomic mass is 9.66. The molecule has 2 aliphatic heterocycles. The first-order chi connectivity index (χ1) is 7.19. The minimum atomic E-state index is -0.639. The number of carbonyl (C=O) groups is 1. The van der Waals surface area contributed by atoms with E-state index < -0.39 is 5.97 Å². The fourth-order valence-corrected chi connectivity index (χ4v) is 3.52. The number of hydrogen-bond donors (Lipinski definition) is 2. The molecule has 2 heterocycles. The van der Waals surface area contributed by atoms with E-state index in [4.69, 9.17) is 5.11 Å². The summed E-state index contributed by atoms with van der Waals surface area (Å²) in [6, 6.07) is -0.258. The second-order valence-corrected chi connectivity index (χ2v) is 5.73. The smallest absolute Gasteiger partial charge is 0.320 e. The maximum atomic E-state index is 11.1. The van der Waals surface area contributed by atoms with Gasteiger partial charge in [-0.3, -0.25) is 10.1 Å². The van der Waals surface area contributed by atoms with E-state index in [2.05, 4.69) is 5.32 Å². The van der Waals surface area contributed by atoms with Gasteiger partial charge < -0.3 is 5.11 Å². The predicted octanol–water partition coefficient (Wildman–Crippen LogP) is 1.77. The van der Waals surface area contributed by atoms with Crippen molar-refractivity contribution >= 4 is 5.97 Å². The highest BCUT2D eigenvalue weighted by Gasteiger charge is 2.49. The van der Waals surface area contributed by atoms with E-state index in [9.17, 15) is 4.79 Å². The first-order valence-electron chi connectivity index (χ1n) is 6.19. The van der Waals surface area contributed by atoms with Gasteiger partial charge in [-0.15, -0.1) is 0 Å². The Hall–Kier alpha value is -0.570. The van der Waals surface area contributed by atoms with Crippen molar-refractivity contribution in [2.75, 3.05) is 0 Å². The second kappa shape index (κ2) is 3.21. The van der Waals surface area contributed by atoms with Crippen LogP contribution in [-0.4, -0.2) is 22.7 Å². The number of carboxylic acid groups (broad SMARTS) is 1. The van der Waals surface area contributed by atoms with E-state index in [0.29, 0.717) is 5.92 Å². The van der Waals surface area contributed by atoms with Crippen LogP contribution < -0.4 is 5.32 Å². The maximum absolute atomic E-state index is 11.1. The van der Waals surface area contributed by atoms with Crippen molar-refractivity contribution in [2.24, 2.45) is 11.8 Å². The minimum Gasteiger partial charge on any atom is -0.480 e. The molecule has 2 saturated heterocycles. The van der Waals surface area contributed by atoms with Gasteiger partial charge in [0.05, 0.1) is 0 Å². The first-order valence-corrected chi connectivity index (χ1v) is 6.19. The molecule has 0 aromatic carbocycles. The first kappa shape index (κ1) is 9.64. The summed E-state index contributed by atoms with van der Waals surface area (Å²) in [4.78, 5) is 11.1. The van der Waals surface area contributed by atoms with Gasteiger partial charge in [-0.2, -0.15) is 0 Å². The Labute approximate surface area is 90.2 Å². The molecule has 0 aromatic rings. The minimum absolute atomic E-state index is 0.193. The SMILES string of the molecule is O=C(O)C1NC2(CC3CC3)CCC1CC2. The number of carboxylic acids is 1. The molecule has 4 aliphatic rings. The molecule has 2 bridgehead atoms. The molecule has 0 radical (unpaired) electrons. The van der Waals surface area contributed by atoms with Crippen molar-refractivity contribution in [2.45, 2.75) is 56.5 Å². The third kappa shape index (κ3) is 1.67. The summed E-state index contributed by atoms with van der Waals surface area (Å²) in [5.74, 6) is 0.643. The Kier molecular flexibility index (Phi) is 2.06. The van der Waals surface area contributed by atoms with Crippen LogP contribution >= 0.6 is 0 Å². The number of hydrogen-bond acceptors (Lipinski definition) is 2. The van der Waals surface area contributed by atoms with Crippen molar-refractivity contribution in [3.63, 3.8) is 0 Å². The third-order valence-corrected chi connectivity index (χ3v) is 4.56.